The summed E-state index contributed by atoms with van der Waals surface area (Å²) in [5.41, 5.74) is 4.70. The lowest BCUT2D eigenvalue weighted by molar-refractivity contribution is 0.340. The van der Waals surface area contributed by atoms with Crippen LogP contribution < -0.4 is 9.64 Å². The van der Waals surface area contributed by atoms with E-state index in [1.165, 1.54) is 49.8 Å². The molecule has 0 heterocycles. The van der Waals surface area contributed by atoms with Crippen molar-refractivity contribution in [2.75, 3.05) is 24.6 Å². The van der Waals surface area contributed by atoms with Gasteiger partial charge in [-0.15, -0.1) is 0 Å². The van der Waals surface area contributed by atoms with Gasteiger partial charge in [0.05, 0.1) is 6.61 Å². The first-order valence-electron chi connectivity index (χ1n) is 11.0. The van der Waals surface area contributed by atoms with Gasteiger partial charge in [0.2, 0.25) is 0 Å². The zero-order valence-corrected chi connectivity index (χ0v) is 18.0. The Hall–Kier alpha value is -2.22. The van der Waals surface area contributed by atoms with Crippen molar-refractivity contribution in [2.24, 2.45) is 0 Å². The van der Waals surface area contributed by atoms with Gasteiger partial charge in [0, 0.05) is 18.8 Å². The summed E-state index contributed by atoms with van der Waals surface area (Å²) in [5.74, 6) is 0.907. The number of hydrogen-bond donors (Lipinski definition) is 0. The molecule has 152 valence electrons. The largest absolute Gasteiger partial charge is 0.494 e. The van der Waals surface area contributed by atoms with Crippen molar-refractivity contribution in [1.82, 2.24) is 0 Å². The fraction of sp³-hybridized carbons (Fsp3) is 0.462. The van der Waals surface area contributed by atoms with Gasteiger partial charge in [-0.3, -0.25) is 0 Å². The van der Waals surface area contributed by atoms with Gasteiger partial charge in [0.1, 0.15) is 5.75 Å². The lowest BCUT2D eigenvalue weighted by Crippen LogP contribution is -2.25. The second kappa shape index (κ2) is 12.3. The summed E-state index contributed by atoms with van der Waals surface area (Å²) in [5, 5.41) is 0. The Bertz CT molecular complexity index is 677. The quantitative estimate of drug-likeness (QED) is 0.338. The van der Waals surface area contributed by atoms with Crippen molar-refractivity contribution in [2.45, 2.75) is 59.3 Å². The number of hydrogen-bond acceptors (Lipinski definition) is 2. The Balaban J connectivity index is 2.06. The maximum absolute atomic E-state index is 5.53. The van der Waals surface area contributed by atoms with Gasteiger partial charge in [-0.05, 0) is 60.7 Å². The van der Waals surface area contributed by atoms with E-state index in [4.69, 9.17) is 4.74 Å². The molecule has 0 N–H and O–H groups in total. The second-order valence-corrected chi connectivity index (χ2v) is 7.38. The predicted molar refractivity (Wildman–Crippen MR) is 123 cm³/mol. The Labute approximate surface area is 172 Å². The van der Waals surface area contributed by atoms with Crippen LogP contribution in [0.5, 0.6) is 5.75 Å². The molecule has 0 atom stereocenters. The molecule has 0 amide bonds. The van der Waals surface area contributed by atoms with E-state index in [2.05, 4.69) is 61.7 Å². The minimum absolute atomic E-state index is 0.689. The summed E-state index contributed by atoms with van der Waals surface area (Å²) in [4.78, 5) is 2.55. The normalized spacial score (nSPS) is 10.7. The van der Waals surface area contributed by atoms with Crippen LogP contribution in [0.15, 0.2) is 55.1 Å². The van der Waals surface area contributed by atoms with Crippen molar-refractivity contribution in [3.8, 4) is 5.75 Å². The van der Waals surface area contributed by atoms with Crippen molar-refractivity contribution < 1.29 is 4.74 Å². The van der Waals surface area contributed by atoms with E-state index in [-0.39, 0.29) is 0 Å². The molecule has 0 aliphatic heterocycles. The van der Waals surface area contributed by atoms with Crippen molar-refractivity contribution in [3.63, 3.8) is 0 Å². The van der Waals surface area contributed by atoms with Crippen LogP contribution in [0.4, 0.5) is 5.69 Å². The summed E-state index contributed by atoms with van der Waals surface area (Å²) in [7, 11) is 0. The molecular weight excluding hydrogens is 342 g/mol. The highest BCUT2D eigenvalue weighted by Gasteiger charge is 2.08. The van der Waals surface area contributed by atoms with E-state index in [1.807, 2.05) is 19.1 Å². The molecule has 0 saturated carbocycles. The van der Waals surface area contributed by atoms with Crippen LogP contribution in [-0.2, 0) is 0 Å². The maximum Gasteiger partial charge on any atom is 0.119 e. The van der Waals surface area contributed by atoms with E-state index in [9.17, 15) is 0 Å². The Morgan fingerprint density at radius 1 is 0.750 bits per heavy atom. The number of unbranched alkanes of at least 4 members (excludes halogenated alkanes) is 4. The van der Waals surface area contributed by atoms with Crippen LogP contribution >= 0.6 is 0 Å². The van der Waals surface area contributed by atoms with Crippen molar-refractivity contribution in [1.29, 1.82) is 0 Å². The van der Waals surface area contributed by atoms with Crippen LogP contribution in [0.3, 0.4) is 0 Å². The molecule has 0 aromatic heterocycles. The molecule has 2 rings (SSSR count). The SMILES string of the molecule is C=C(c1ccc(OCC)cc1)c1ccc(N(CCCCC)CCCCC)cc1. The monoisotopic (exact) mass is 379 g/mol. The highest BCUT2D eigenvalue weighted by Crippen LogP contribution is 2.26. The van der Waals surface area contributed by atoms with Gasteiger partial charge in [0.15, 0.2) is 0 Å². The highest BCUT2D eigenvalue weighted by molar-refractivity contribution is 5.79. The van der Waals surface area contributed by atoms with E-state index in [0.717, 1.165) is 30.0 Å². The van der Waals surface area contributed by atoms with Gasteiger partial charge >= 0.3 is 0 Å². The van der Waals surface area contributed by atoms with Gasteiger partial charge < -0.3 is 9.64 Å². The number of nitrogens with zero attached hydrogens (tertiary/aromatic N) is 1. The molecule has 0 radical (unpaired) electrons. The standard InChI is InChI=1S/C26H37NO/c1-5-8-10-20-27(21-11-9-6-2)25-16-12-23(13-17-25)22(4)24-14-18-26(19-15-24)28-7-3/h12-19H,4-11,20-21H2,1-3H3. The average molecular weight is 380 g/mol. The minimum Gasteiger partial charge on any atom is -0.494 e. The summed E-state index contributed by atoms with van der Waals surface area (Å²) >= 11 is 0. The second-order valence-electron chi connectivity index (χ2n) is 7.38. The van der Waals surface area contributed by atoms with Gasteiger partial charge in [-0.2, -0.15) is 0 Å². The van der Waals surface area contributed by atoms with E-state index >= 15 is 0 Å². The molecule has 2 aromatic carbocycles. The van der Waals surface area contributed by atoms with Crippen molar-refractivity contribution in [3.05, 3.63) is 66.2 Å². The third kappa shape index (κ3) is 6.74. The molecule has 0 spiro atoms. The fourth-order valence-corrected chi connectivity index (χ4v) is 3.43. The third-order valence-corrected chi connectivity index (χ3v) is 5.16. The number of rotatable bonds is 13. The van der Waals surface area contributed by atoms with Crippen molar-refractivity contribution >= 4 is 11.3 Å². The Kier molecular flexibility index (Phi) is 9.68. The van der Waals surface area contributed by atoms with E-state index in [1.54, 1.807) is 0 Å². The summed E-state index contributed by atoms with van der Waals surface area (Å²) in [6.45, 7) is 13.8. The molecule has 0 saturated heterocycles. The Morgan fingerprint density at radius 2 is 1.25 bits per heavy atom. The van der Waals surface area contributed by atoms with Crippen LogP contribution in [0.1, 0.15) is 70.4 Å². The molecule has 0 bridgehead atoms. The maximum atomic E-state index is 5.53. The first-order chi connectivity index (χ1) is 13.7. The highest BCUT2D eigenvalue weighted by atomic mass is 16.5. The number of benzene rings is 2. The molecule has 2 nitrogen and oxygen atoms in total. The lowest BCUT2D eigenvalue weighted by atomic mass is 9.99. The van der Waals surface area contributed by atoms with Crippen LogP contribution in [0, 0.1) is 0 Å². The first kappa shape index (κ1) is 22.1. The van der Waals surface area contributed by atoms with E-state index in [0.29, 0.717) is 6.61 Å². The van der Waals surface area contributed by atoms with Gasteiger partial charge in [-0.1, -0.05) is 70.4 Å². The summed E-state index contributed by atoms with van der Waals surface area (Å²) < 4.78 is 5.53. The summed E-state index contributed by atoms with van der Waals surface area (Å²) in [6, 6.07) is 17.1. The van der Waals surface area contributed by atoms with Gasteiger partial charge in [0.25, 0.3) is 0 Å². The molecule has 28 heavy (non-hydrogen) atoms. The predicted octanol–water partition coefficient (Wildman–Crippen LogP) is 7.33. The average Bonchev–Trinajstić information content (AvgIpc) is 2.73. The van der Waals surface area contributed by atoms with Crippen LogP contribution in [0.2, 0.25) is 0 Å². The van der Waals surface area contributed by atoms with Gasteiger partial charge in [-0.25, -0.2) is 0 Å². The topological polar surface area (TPSA) is 12.5 Å². The van der Waals surface area contributed by atoms with Crippen LogP contribution in [-0.4, -0.2) is 19.7 Å². The molecule has 0 unspecified atom stereocenters. The zero-order chi connectivity index (χ0) is 20.2. The zero-order valence-electron chi connectivity index (χ0n) is 18.0. The molecule has 0 aliphatic carbocycles. The smallest absolute Gasteiger partial charge is 0.119 e. The van der Waals surface area contributed by atoms with E-state index < -0.39 is 0 Å². The third-order valence-electron chi connectivity index (χ3n) is 5.16. The Morgan fingerprint density at radius 3 is 1.71 bits per heavy atom. The summed E-state index contributed by atoms with van der Waals surface area (Å²) in [6.07, 6.45) is 7.67. The molecule has 0 aliphatic rings. The minimum atomic E-state index is 0.689. The molecule has 2 aromatic rings. The van der Waals surface area contributed by atoms with Crippen LogP contribution in [0.25, 0.3) is 5.57 Å². The molecular formula is C26H37NO. The fourth-order valence-electron chi connectivity index (χ4n) is 3.43. The molecule has 2 heteroatoms. The molecule has 0 fully saturated rings. The number of ether oxygens (including phenoxy) is 1. The first-order valence-corrected chi connectivity index (χ1v) is 11.0. The lowest BCUT2D eigenvalue weighted by Gasteiger charge is -2.25. The number of anilines is 1.